The second-order valence-electron chi connectivity index (χ2n) is 8.40. The summed E-state index contributed by atoms with van der Waals surface area (Å²) in [6.45, 7) is 7.27. The molecule has 0 spiro atoms. The number of amides is 2. The molecule has 1 aliphatic heterocycles. The van der Waals surface area contributed by atoms with E-state index in [0.29, 0.717) is 22.8 Å². The number of nitrogens with zero attached hydrogens (tertiary/aromatic N) is 5. The van der Waals surface area contributed by atoms with Crippen molar-refractivity contribution in [1.82, 2.24) is 14.9 Å². The van der Waals surface area contributed by atoms with Gasteiger partial charge in [0.05, 0.1) is 18.5 Å². The normalized spacial score (nSPS) is 13.5. The molecule has 2 aromatic carbocycles. The van der Waals surface area contributed by atoms with Crippen LogP contribution in [0.5, 0.6) is 5.75 Å². The van der Waals surface area contributed by atoms with Crippen molar-refractivity contribution in [2.75, 3.05) is 60.8 Å². The predicted molar refractivity (Wildman–Crippen MR) is 143 cm³/mol. The molecule has 0 radical (unpaired) electrons. The third-order valence-corrected chi connectivity index (χ3v) is 5.92. The van der Waals surface area contributed by atoms with Gasteiger partial charge < -0.3 is 30.3 Å². The summed E-state index contributed by atoms with van der Waals surface area (Å²) in [7, 11) is 3.71. The quantitative estimate of drug-likeness (QED) is 0.393. The van der Waals surface area contributed by atoms with Gasteiger partial charge in [-0.05, 0) is 43.5 Å². The third-order valence-electron chi connectivity index (χ3n) is 5.92. The van der Waals surface area contributed by atoms with Gasteiger partial charge in [-0.2, -0.15) is 4.98 Å². The second-order valence-corrected chi connectivity index (χ2v) is 8.40. The summed E-state index contributed by atoms with van der Waals surface area (Å²) >= 11 is 0. The van der Waals surface area contributed by atoms with Gasteiger partial charge in [0.15, 0.2) is 0 Å². The number of ether oxygens (including phenoxy) is 1. The molecular formula is C26H29N7O4. The molecule has 3 N–H and O–H groups in total. The summed E-state index contributed by atoms with van der Waals surface area (Å²) in [5.74, 6) is 0.544. The Balaban J connectivity index is 1.57. The largest absolute Gasteiger partial charge is 0.494 e. The number of carboxylic acid groups (broad SMARTS) is 1. The maximum absolute atomic E-state index is 12.2. The molecule has 192 valence electrons. The highest BCUT2D eigenvalue weighted by molar-refractivity contribution is 6.00. The van der Waals surface area contributed by atoms with Crippen molar-refractivity contribution in [3.63, 3.8) is 0 Å². The minimum Gasteiger partial charge on any atom is -0.494 e. The van der Waals surface area contributed by atoms with E-state index < -0.39 is 12.0 Å². The van der Waals surface area contributed by atoms with Gasteiger partial charge in [-0.15, -0.1) is 0 Å². The van der Waals surface area contributed by atoms with Crippen LogP contribution in [0.4, 0.5) is 39.3 Å². The summed E-state index contributed by atoms with van der Waals surface area (Å²) in [4.78, 5) is 38.1. The molecule has 1 aromatic heterocycles. The summed E-state index contributed by atoms with van der Waals surface area (Å²) < 4.78 is 5.61. The number of likely N-dealkylation sites (N-methyl/N-ethyl adjacent to an activating group) is 1. The minimum atomic E-state index is -1.24. The lowest BCUT2D eigenvalue weighted by Crippen LogP contribution is -2.44. The Hall–Kier alpha value is -4.64. The predicted octanol–water partition coefficient (Wildman–Crippen LogP) is 3.92. The molecule has 0 saturated carbocycles. The minimum absolute atomic E-state index is 0.130. The molecule has 1 aliphatic rings. The Kier molecular flexibility index (Phi) is 7.84. The summed E-state index contributed by atoms with van der Waals surface area (Å²) in [5, 5.41) is 15.7. The first-order valence-electron chi connectivity index (χ1n) is 11.7. The standard InChI is InChI=1S/C26H29N7O4/c1-4-24(34)28-18-6-5-7-20(16-18)33(26(35)36)23-10-11-27-25(30-23)29-21-9-8-19(17-22(21)37-3)32-14-12-31(2)13-15-32/h4-11,16-17H,1,12-15H2,2-3H3,(H,28,34)(H,35,36)(H,27,29,30). The molecule has 1 saturated heterocycles. The molecule has 1 fully saturated rings. The van der Waals surface area contributed by atoms with E-state index in [-0.39, 0.29) is 11.8 Å². The van der Waals surface area contributed by atoms with Crippen LogP contribution in [0.25, 0.3) is 0 Å². The zero-order chi connectivity index (χ0) is 26.4. The average Bonchev–Trinajstić information content (AvgIpc) is 2.90. The number of piperazine rings is 1. The Bertz CT molecular complexity index is 1290. The lowest BCUT2D eigenvalue weighted by molar-refractivity contribution is -0.111. The van der Waals surface area contributed by atoms with Crippen molar-refractivity contribution in [2.24, 2.45) is 0 Å². The van der Waals surface area contributed by atoms with Crippen molar-refractivity contribution in [3.8, 4) is 5.75 Å². The molecule has 2 amide bonds. The van der Waals surface area contributed by atoms with Gasteiger partial charge in [0.2, 0.25) is 11.9 Å². The van der Waals surface area contributed by atoms with Gasteiger partial charge in [-0.1, -0.05) is 12.6 Å². The fourth-order valence-electron chi connectivity index (χ4n) is 3.96. The van der Waals surface area contributed by atoms with Crippen molar-refractivity contribution >= 4 is 46.5 Å². The zero-order valence-electron chi connectivity index (χ0n) is 20.7. The molecule has 0 bridgehead atoms. The van der Waals surface area contributed by atoms with Crippen LogP contribution in [0.2, 0.25) is 0 Å². The van der Waals surface area contributed by atoms with Crippen molar-refractivity contribution in [2.45, 2.75) is 0 Å². The molecule has 0 atom stereocenters. The molecule has 4 rings (SSSR count). The first kappa shape index (κ1) is 25.5. The number of hydrogen-bond donors (Lipinski definition) is 3. The number of rotatable bonds is 8. The lowest BCUT2D eigenvalue weighted by Gasteiger charge is -2.34. The second kappa shape index (κ2) is 11.4. The molecule has 11 heteroatoms. The fourth-order valence-corrected chi connectivity index (χ4v) is 3.96. The highest BCUT2D eigenvalue weighted by Gasteiger charge is 2.20. The van der Waals surface area contributed by atoms with Gasteiger partial charge in [-0.25, -0.2) is 14.7 Å². The Morgan fingerprint density at radius 2 is 1.92 bits per heavy atom. The van der Waals surface area contributed by atoms with Crippen LogP contribution in [0.3, 0.4) is 0 Å². The van der Waals surface area contributed by atoms with Gasteiger partial charge in [0.1, 0.15) is 11.6 Å². The number of benzene rings is 2. The fraction of sp³-hybridized carbons (Fsp3) is 0.231. The van der Waals surface area contributed by atoms with E-state index >= 15 is 0 Å². The molecule has 3 aromatic rings. The SMILES string of the molecule is C=CC(=O)Nc1cccc(N(C(=O)O)c2ccnc(Nc3ccc(N4CCN(C)CC4)cc3OC)n2)c1. The maximum atomic E-state index is 12.2. The topological polar surface area (TPSA) is 123 Å². The highest BCUT2D eigenvalue weighted by Crippen LogP contribution is 2.33. The van der Waals surface area contributed by atoms with E-state index in [1.165, 1.54) is 18.3 Å². The van der Waals surface area contributed by atoms with Crippen molar-refractivity contribution in [3.05, 3.63) is 67.4 Å². The smallest absolute Gasteiger partial charge is 0.417 e. The van der Waals surface area contributed by atoms with Gasteiger partial charge >= 0.3 is 6.09 Å². The lowest BCUT2D eigenvalue weighted by atomic mass is 10.2. The number of carbonyl (C=O) groups excluding carboxylic acids is 1. The van der Waals surface area contributed by atoms with E-state index in [2.05, 4.69) is 44.0 Å². The van der Waals surface area contributed by atoms with E-state index in [1.54, 1.807) is 25.3 Å². The van der Waals surface area contributed by atoms with Crippen molar-refractivity contribution < 1.29 is 19.4 Å². The molecule has 0 unspecified atom stereocenters. The zero-order valence-corrected chi connectivity index (χ0v) is 20.7. The maximum Gasteiger partial charge on any atom is 0.417 e. The Morgan fingerprint density at radius 3 is 2.62 bits per heavy atom. The number of carbonyl (C=O) groups is 2. The van der Waals surface area contributed by atoms with Crippen LogP contribution in [0, 0.1) is 0 Å². The summed E-state index contributed by atoms with van der Waals surface area (Å²) in [6.07, 6.45) is 1.36. The van der Waals surface area contributed by atoms with Gasteiger partial charge in [-0.3, -0.25) is 4.79 Å². The summed E-state index contributed by atoms with van der Waals surface area (Å²) in [6, 6.07) is 13.8. The Labute approximate surface area is 215 Å². The van der Waals surface area contributed by atoms with Crippen LogP contribution in [-0.4, -0.2) is 72.3 Å². The number of methoxy groups -OCH3 is 1. The Morgan fingerprint density at radius 1 is 1.14 bits per heavy atom. The van der Waals surface area contributed by atoms with Gasteiger partial charge in [0, 0.05) is 55.9 Å². The molecule has 2 heterocycles. The van der Waals surface area contributed by atoms with Crippen LogP contribution in [0.15, 0.2) is 67.4 Å². The van der Waals surface area contributed by atoms with Crippen LogP contribution >= 0.6 is 0 Å². The number of anilines is 6. The van der Waals surface area contributed by atoms with Crippen LogP contribution < -0.4 is 25.2 Å². The van der Waals surface area contributed by atoms with Crippen molar-refractivity contribution in [1.29, 1.82) is 0 Å². The first-order valence-corrected chi connectivity index (χ1v) is 11.7. The molecule has 11 nitrogen and oxygen atoms in total. The number of nitrogens with one attached hydrogen (secondary N) is 2. The molecule has 0 aliphatic carbocycles. The monoisotopic (exact) mass is 503 g/mol. The van der Waals surface area contributed by atoms with Gasteiger partial charge in [0.25, 0.3) is 0 Å². The van der Waals surface area contributed by atoms with E-state index in [9.17, 15) is 14.7 Å². The third kappa shape index (κ3) is 6.14. The first-order chi connectivity index (χ1) is 17.9. The average molecular weight is 504 g/mol. The van der Waals surface area contributed by atoms with E-state index in [4.69, 9.17) is 4.74 Å². The van der Waals surface area contributed by atoms with Crippen LogP contribution in [-0.2, 0) is 4.79 Å². The van der Waals surface area contributed by atoms with Crippen LogP contribution in [0.1, 0.15) is 0 Å². The van der Waals surface area contributed by atoms with E-state index in [1.807, 2.05) is 18.2 Å². The molecular weight excluding hydrogens is 474 g/mol. The number of aromatic nitrogens is 2. The van der Waals surface area contributed by atoms with E-state index in [0.717, 1.165) is 42.8 Å². The molecule has 37 heavy (non-hydrogen) atoms. The highest BCUT2D eigenvalue weighted by atomic mass is 16.5. The number of hydrogen-bond acceptors (Lipinski definition) is 8. The summed E-state index contributed by atoms with van der Waals surface area (Å²) in [5.41, 5.74) is 2.43.